The van der Waals surface area contributed by atoms with Crippen molar-refractivity contribution < 1.29 is 37.8 Å². The molecule has 9 nitrogen and oxygen atoms in total. The van der Waals surface area contributed by atoms with Crippen LogP contribution < -0.4 is 5.32 Å². The number of carbonyl (C=O) groups excluding carboxylic acids is 4. The van der Waals surface area contributed by atoms with Crippen LogP contribution in [0.1, 0.15) is 24.2 Å². The SMILES string of the molecule is COC(=O)C1COC(=O)N1C(=O)Nc1cc(C(=O)OC(C)C)c(Cl)cc1F. The van der Waals surface area contributed by atoms with Gasteiger partial charge in [-0.2, -0.15) is 0 Å². The normalized spacial score (nSPS) is 16.1. The van der Waals surface area contributed by atoms with Crippen LogP contribution in [0.4, 0.5) is 19.7 Å². The van der Waals surface area contributed by atoms with Gasteiger partial charge in [0.25, 0.3) is 0 Å². The summed E-state index contributed by atoms with van der Waals surface area (Å²) in [4.78, 5) is 48.2. The second-order valence-corrected chi connectivity index (χ2v) is 6.09. The number of halogens is 2. The van der Waals surface area contributed by atoms with Crippen molar-refractivity contribution in [3.05, 3.63) is 28.5 Å². The molecule has 1 aliphatic rings. The number of hydrogen-bond acceptors (Lipinski definition) is 7. The number of esters is 2. The molecular weight excluding hydrogens is 387 g/mol. The smallest absolute Gasteiger partial charge is 0.419 e. The topological polar surface area (TPSA) is 111 Å². The van der Waals surface area contributed by atoms with Gasteiger partial charge in [-0.25, -0.2) is 28.5 Å². The summed E-state index contributed by atoms with van der Waals surface area (Å²) in [5.41, 5.74) is -0.626. The van der Waals surface area contributed by atoms with Gasteiger partial charge in [0.1, 0.15) is 12.4 Å². The molecule has 1 aromatic carbocycles. The van der Waals surface area contributed by atoms with Gasteiger partial charge in [0.05, 0.1) is 29.5 Å². The molecule has 0 aromatic heterocycles. The fraction of sp³-hybridized carbons (Fsp3) is 0.375. The number of ether oxygens (including phenoxy) is 3. The molecular formula is C16H16ClFN2O7. The minimum absolute atomic E-state index is 0.185. The van der Waals surface area contributed by atoms with Crippen LogP contribution in [0.2, 0.25) is 5.02 Å². The number of urea groups is 1. The number of amides is 3. The Morgan fingerprint density at radius 2 is 2.04 bits per heavy atom. The van der Waals surface area contributed by atoms with E-state index in [2.05, 4.69) is 14.8 Å². The molecule has 1 aliphatic heterocycles. The number of methoxy groups -OCH3 is 1. The molecule has 1 fully saturated rings. The van der Waals surface area contributed by atoms with Gasteiger partial charge in [0.15, 0.2) is 6.04 Å². The maximum absolute atomic E-state index is 14.1. The molecule has 1 atom stereocenters. The van der Waals surface area contributed by atoms with Crippen LogP contribution in [0.5, 0.6) is 0 Å². The highest BCUT2D eigenvalue weighted by molar-refractivity contribution is 6.33. The molecule has 1 N–H and O–H groups in total. The molecule has 3 amide bonds. The number of carbonyl (C=O) groups is 4. The van der Waals surface area contributed by atoms with Crippen molar-refractivity contribution in [1.82, 2.24) is 4.90 Å². The average Bonchev–Trinajstić information content (AvgIpc) is 2.97. The minimum Gasteiger partial charge on any atom is -0.467 e. The second kappa shape index (κ2) is 8.21. The van der Waals surface area contributed by atoms with Crippen LogP contribution in [-0.2, 0) is 19.0 Å². The summed E-state index contributed by atoms with van der Waals surface area (Å²) < 4.78 is 28.3. The van der Waals surface area contributed by atoms with Gasteiger partial charge in [-0.15, -0.1) is 0 Å². The quantitative estimate of drug-likeness (QED) is 0.608. The average molecular weight is 403 g/mol. The Bertz CT molecular complexity index is 799. The van der Waals surface area contributed by atoms with E-state index >= 15 is 0 Å². The van der Waals surface area contributed by atoms with E-state index in [1.165, 1.54) is 0 Å². The summed E-state index contributed by atoms with van der Waals surface area (Å²) in [6.45, 7) is 2.84. The molecule has 0 aliphatic carbocycles. The summed E-state index contributed by atoms with van der Waals surface area (Å²) >= 11 is 5.85. The second-order valence-electron chi connectivity index (χ2n) is 5.68. The standard InChI is InChI=1S/C16H16ClFN2O7/c1-7(2)27-13(21)8-4-11(10(18)5-9(8)17)19-15(23)20-12(14(22)25-3)6-26-16(20)24/h4-5,7,12H,6H2,1-3H3,(H,19,23). The minimum atomic E-state index is -1.32. The number of hydrogen-bond donors (Lipinski definition) is 1. The molecule has 11 heteroatoms. The predicted octanol–water partition coefficient (Wildman–Crippen LogP) is 2.57. The van der Waals surface area contributed by atoms with Crippen LogP contribution in [0.15, 0.2) is 12.1 Å². The van der Waals surface area contributed by atoms with E-state index in [0.717, 1.165) is 19.2 Å². The number of imide groups is 1. The van der Waals surface area contributed by atoms with Crippen molar-refractivity contribution >= 4 is 41.4 Å². The lowest BCUT2D eigenvalue weighted by Gasteiger charge is -2.19. The predicted molar refractivity (Wildman–Crippen MR) is 90.0 cm³/mol. The van der Waals surface area contributed by atoms with Crippen LogP contribution in [-0.4, -0.2) is 54.8 Å². The lowest BCUT2D eigenvalue weighted by molar-refractivity contribution is -0.144. The van der Waals surface area contributed by atoms with E-state index in [1.807, 2.05) is 0 Å². The van der Waals surface area contributed by atoms with E-state index in [1.54, 1.807) is 13.8 Å². The van der Waals surface area contributed by atoms with Crippen LogP contribution in [0.3, 0.4) is 0 Å². The molecule has 146 valence electrons. The van der Waals surface area contributed by atoms with Crippen molar-refractivity contribution in [2.45, 2.75) is 26.0 Å². The Kier molecular flexibility index (Phi) is 6.21. The number of nitrogens with zero attached hydrogens (tertiary/aromatic N) is 1. The molecule has 1 saturated heterocycles. The molecule has 0 spiro atoms. The Labute approximate surface area is 158 Å². The largest absolute Gasteiger partial charge is 0.467 e. The zero-order valence-corrected chi connectivity index (χ0v) is 15.3. The Hall–Kier alpha value is -2.88. The van der Waals surface area contributed by atoms with Gasteiger partial charge in [0, 0.05) is 0 Å². The molecule has 1 unspecified atom stereocenters. The van der Waals surface area contributed by atoms with Gasteiger partial charge in [0.2, 0.25) is 0 Å². The molecule has 0 radical (unpaired) electrons. The molecule has 1 heterocycles. The fourth-order valence-electron chi connectivity index (χ4n) is 2.21. The molecule has 1 aromatic rings. The van der Waals surface area contributed by atoms with Crippen molar-refractivity contribution in [2.75, 3.05) is 19.0 Å². The first kappa shape index (κ1) is 20.4. The number of rotatable bonds is 4. The monoisotopic (exact) mass is 402 g/mol. The van der Waals surface area contributed by atoms with Gasteiger partial charge >= 0.3 is 24.1 Å². The maximum Gasteiger partial charge on any atom is 0.419 e. The van der Waals surface area contributed by atoms with Crippen molar-refractivity contribution in [1.29, 1.82) is 0 Å². The van der Waals surface area contributed by atoms with Crippen molar-refractivity contribution in [2.24, 2.45) is 0 Å². The third-order valence-corrected chi connectivity index (χ3v) is 3.74. The summed E-state index contributed by atoms with van der Waals surface area (Å²) in [7, 11) is 1.08. The number of cyclic esters (lactones) is 1. The van der Waals surface area contributed by atoms with E-state index < -0.39 is 54.3 Å². The van der Waals surface area contributed by atoms with E-state index in [9.17, 15) is 23.6 Å². The highest BCUT2D eigenvalue weighted by Gasteiger charge is 2.43. The summed E-state index contributed by atoms with van der Waals surface area (Å²) in [6.07, 6.45) is -1.55. The lowest BCUT2D eigenvalue weighted by atomic mass is 10.2. The number of nitrogens with one attached hydrogen (secondary N) is 1. The molecule has 0 bridgehead atoms. The highest BCUT2D eigenvalue weighted by atomic mass is 35.5. The summed E-state index contributed by atoms with van der Waals surface area (Å²) in [5, 5.41) is 1.89. The van der Waals surface area contributed by atoms with E-state index in [0.29, 0.717) is 4.90 Å². The highest BCUT2D eigenvalue weighted by Crippen LogP contribution is 2.26. The number of benzene rings is 1. The fourth-order valence-corrected chi connectivity index (χ4v) is 2.44. The maximum atomic E-state index is 14.1. The van der Waals surface area contributed by atoms with Crippen LogP contribution in [0.25, 0.3) is 0 Å². The molecule has 27 heavy (non-hydrogen) atoms. The Balaban J connectivity index is 2.28. The van der Waals surface area contributed by atoms with E-state index in [4.69, 9.17) is 16.3 Å². The first-order valence-corrected chi connectivity index (χ1v) is 8.08. The lowest BCUT2D eigenvalue weighted by Crippen LogP contribution is -2.46. The van der Waals surface area contributed by atoms with Crippen molar-refractivity contribution in [3.63, 3.8) is 0 Å². The zero-order valence-electron chi connectivity index (χ0n) is 14.6. The Morgan fingerprint density at radius 1 is 1.37 bits per heavy atom. The first-order valence-electron chi connectivity index (χ1n) is 7.70. The summed E-state index contributed by atoms with van der Waals surface area (Å²) in [5.74, 6) is -2.66. The third kappa shape index (κ3) is 4.45. The molecule has 2 rings (SSSR count). The molecule has 0 saturated carbocycles. The number of anilines is 1. The van der Waals surface area contributed by atoms with Crippen LogP contribution >= 0.6 is 11.6 Å². The van der Waals surface area contributed by atoms with Crippen LogP contribution in [0, 0.1) is 5.82 Å². The first-order chi connectivity index (χ1) is 12.6. The van der Waals surface area contributed by atoms with Gasteiger partial charge < -0.3 is 19.5 Å². The van der Waals surface area contributed by atoms with Gasteiger partial charge in [-0.05, 0) is 26.0 Å². The Morgan fingerprint density at radius 3 is 2.63 bits per heavy atom. The van der Waals surface area contributed by atoms with Crippen molar-refractivity contribution in [3.8, 4) is 0 Å². The summed E-state index contributed by atoms with van der Waals surface area (Å²) in [6, 6.07) is -0.677. The zero-order chi connectivity index (χ0) is 20.3. The van der Waals surface area contributed by atoms with Gasteiger partial charge in [-0.3, -0.25) is 0 Å². The third-order valence-electron chi connectivity index (χ3n) is 3.43. The van der Waals surface area contributed by atoms with E-state index in [-0.39, 0.29) is 10.6 Å². The van der Waals surface area contributed by atoms with Gasteiger partial charge in [-0.1, -0.05) is 11.6 Å².